The predicted molar refractivity (Wildman–Crippen MR) is 214 cm³/mol. The Balaban J connectivity index is 0.000000202. The molecule has 57 heavy (non-hydrogen) atoms. The average Bonchev–Trinajstić information content (AvgIpc) is 3.77. The first kappa shape index (κ1) is 40.3. The minimum Gasteiger partial charge on any atom is -0.449 e. The van der Waals surface area contributed by atoms with Crippen LogP contribution in [0.5, 0.6) is 0 Å². The second-order valence-corrected chi connectivity index (χ2v) is 12.4. The van der Waals surface area contributed by atoms with Crippen LogP contribution in [0.3, 0.4) is 0 Å². The number of nitro benzene ring substituents is 3. The standard InChI is InChI=1S/C23H20N4O5.C9H9N3O2.C6H7N3O2/c24-22-19(10-5-11-20(22)27(30)31)26-21(28)12-25-23(29)32-13-18-16-8-3-1-6-14(16)15-7-2-4-9-17(15)18;10-5-6-4-7-8(11-6)2-1-3-9(7)12(13)14;7-4-2-1-3-5(6(4)8)9(10)11/h1-11,18H,12-13,24H2,(H,25,29)(H,26,28);1-3H,4-5,10H2;1-3H,7-8H2. The van der Waals surface area contributed by atoms with Crippen LogP contribution in [0.25, 0.3) is 11.1 Å². The molecule has 0 unspecified atom stereocenters. The van der Waals surface area contributed by atoms with Gasteiger partial charge in [0.2, 0.25) is 5.91 Å². The summed E-state index contributed by atoms with van der Waals surface area (Å²) in [5.41, 5.74) is 28.2. The summed E-state index contributed by atoms with van der Waals surface area (Å²) in [5, 5.41) is 36.7. The van der Waals surface area contributed by atoms with Gasteiger partial charge in [-0.25, -0.2) is 4.79 Å². The lowest BCUT2D eigenvalue weighted by molar-refractivity contribution is -0.385. The summed E-state index contributed by atoms with van der Waals surface area (Å²) in [5.74, 6) is -0.683. The van der Waals surface area contributed by atoms with Crippen LogP contribution in [0.2, 0.25) is 0 Å². The molecule has 0 aromatic heterocycles. The van der Waals surface area contributed by atoms with Gasteiger partial charge in [0.15, 0.2) is 0 Å². The fraction of sp³-hybridized carbons (Fsp3) is 0.132. The highest BCUT2D eigenvalue weighted by Gasteiger charge is 2.29. The summed E-state index contributed by atoms with van der Waals surface area (Å²) in [6.45, 7) is 0.101. The van der Waals surface area contributed by atoms with Crippen LogP contribution >= 0.6 is 0 Å². The second kappa shape index (κ2) is 17.9. The molecular formula is C38H36N10O9. The highest BCUT2D eigenvalue weighted by molar-refractivity contribution is 5.98. The maximum absolute atomic E-state index is 12.2. The van der Waals surface area contributed by atoms with E-state index in [4.69, 9.17) is 27.7 Å². The van der Waals surface area contributed by atoms with E-state index in [2.05, 4.69) is 15.6 Å². The normalized spacial score (nSPS) is 11.8. The van der Waals surface area contributed by atoms with Crippen molar-refractivity contribution in [1.29, 1.82) is 0 Å². The number of alkyl carbamates (subject to hydrolysis) is 1. The number of para-hydroxylation sites is 2. The fourth-order valence-electron chi connectivity index (χ4n) is 6.10. The van der Waals surface area contributed by atoms with Gasteiger partial charge in [-0.1, -0.05) is 66.7 Å². The van der Waals surface area contributed by atoms with Gasteiger partial charge in [0.1, 0.15) is 24.5 Å². The quantitative estimate of drug-likeness (QED) is 0.0604. The average molecular weight is 777 g/mol. The lowest BCUT2D eigenvalue weighted by Gasteiger charge is -2.14. The number of nitrogen functional groups attached to an aromatic ring is 3. The number of nitrogens with one attached hydrogen (secondary N) is 2. The number of rotatable bonds is 9. The first-order valence-corrected chi connectivity index (χ1v) is 17.0. The molecule has 292 valence electrons. The number of ether oxygens (including phenoxy) is 1. The molecule has 1 heterocycles. The molecule has 0 saturated carbocycles. The van der Waals surface area contributed by atoms with E-state index >= 15 is 0 Å². The van der Waals surface area contributed by atoms with E-state index in [1.807, 2.05) is 48.5 Å². The number of carbonyl (C=O) groups excluding carboxylic acids is 2. The summed E-state index contributed by atoms with van der Waals surface area (Å²) < 4.78 is 5.37. The molecule has 7 rings (SSSR count). The third kappa shape index (κ3) is 9.42. The molecule has 0 radical (unpaired) electrons. The molecule has 19 heteroatoms. The van der Waals surface area contributed by atoms with Crippen LogP contribution in [-0.2, 0) is 16.0 Å². The van der Waals surface area contributed by atoms with Crippen LogP contribution in [0.1, 0.15) is 22.6 Å². The van der Waals surface area contributed by atoms with Crippen molar-refractivity contribution in [3.05, 3.63) is 150 Å². The van der Waals surface area contributed by atoms with Crippen LogP contribution in [-0.4, -0.2) is 52.2 Å². The van der Waals surface area contributed by atoms with E-state index < -0.39 is 21.8 Å². The van der Waals surface area contributed by atoms with Crippen molar-refractivity contribution in [2.24, 2.45) is 10.7 Å². The monoisotopic (exact) mass is 776 g/mol. The molecule has 2 aliphatic rings. The van der Waals surface area contributed by atoms with Gasteiger partial charge in [0, 0.05) is 42.8 Å². The molecular weight excluding hydrogens is 740 g/mol. The molecule has 2 amide bonds. The number of carbonyl (C=O) groups is 2. The van der Waals surface area contributed by atoms with Crippen LogP contribution in [0.4, 0.5) is 50.3 Å². The van der Waals surface area contributed by atoms with Crippen molar-refractivity contribution < 1.29 is 29.1 Å². The zero-order valence-electron chi connectivity index (χ0n) is 30.0. The number of amides is 2. The third-order valence-corrected chi connectivity index (χ3v) is 8.82. The Morgan fingerprint density at radius 1 is 0.719 bits per heavy atom. The molecule has 0 atom stereocenters. The Bertz CT molecular complexity index is 2360. The van der Waals surface area contributed by atoms with Gasteiger partial charge in [0.05, 0.1) is 37.4 Å². The largest absolute Gasteiger partial charge is 0.449 e. The molecule has 0 fully saturated rings. The summed E-state index contributed by atoms with van der Waals surface area (Å²) in [6.07, 6.45) is -0.239. The Kier molecular flexibility index (Phi) is 12.7. The number of anilines is 4. The Hall–Kier alpha value is -7.93. The zero-order valence-corrected chi connectivity index (χ0v) is 30.0. The Morgan fingerprint density at radius 3 is 1.84 bits per heavy atom. The van der Waals surface area contributed by atoms with Crippen LogP contribution in [0.15, 0.2) is 108 Å². The summed E-state index contributed by atoms with van der Waals surface area (Å²) >= 11 is 0. The van der Waals surface area contributed by atoms with E-state index in [1.54, 1.807) is 12.1 Å². The van der Waals surface area contributed by atoms with Gasteiger partial charge >= 0.3 is 6.09 Å². The molecule has 0 saturated heterocycles. The molecule has 5 aromatic rings. The molecule has 1 aliphatic carbocycles. The number of hydrogen-bond acceptors (Lipinski definition) is 14. The van der Waals surface area contributed by atoms with Gasteiger partial charge < -0.3 is 38.3 Å². The molecule has 19 nitrogen and oxygen atoms in total. The highest BCUT2D eigenvalue weighted by Crippen LogP contribution is 2.44. The van der Waals surface area contributed by atoms with Gasteiger partial charge in [-0.05, 0) is 40.5 Å². The van der Waals surface area contributed by atoms with E-state index in [0.717, 1.165) is 28.0 Å². The highest BCUT2D eigenvalue weighted by atomic mass is 16.6. The number of aliphatic imine (C=N–C) groups is 1. The number of nitrogens with zero attached hydrogens (tertiary/aromatic N) is 4. The van der Waals surface area contributed by atoms with E-state index in [0.29, 0.717) is 24.2 Å². The second-order valence-electron chi connectivity index (χ2n) is 12.4. The topological polar surface area (TPSA) is 313 Å². The summed E-state index contributed by atoms with van der Waals surface area (Å²) in [6, 6.07) is 29.2. The minimum absolute atomic E-state index is 0.0255. The van der Waals surface area contributed by atoms with Gasteiger partial charge in [-0.15, -0.1) is 0 Å². The van der Waals surface area contributed by atoms with Crippen molar-refractivity contribution in [2.45, 2.75) is 12.3 Å². The summed E-state index contributed by atoms with van der Waals surface area (Å²) in [4.78, 5) is 58.8. The van der Waals surface area contributed by atoms with Crippen molar-refractivity contribution in [1.82, 2.24) is 5.32 Å². The van der Waals surface area contributed by atoms with Crippen molar-refractivity contribution in [3.8, 4) is 11.1 Å². The summed E-state index contributed by atoms with van der Waals surface area (Å²) in [7, 11) is 0. The third-order valence-electron chi connectivity index (χ3n) is 8.82. The van der Waals surface area contributed by atoms with E-state index in [1.165, 1.54) is 42.5 Å². The maximum atomic E-state index is 12.2. The van der Waals surface area contributed by atoms with Gasteiger partial charge in [0.25, 0.3) is 17.1 Å². The SMILES string of the molecule is NCC1=Nc2cccc([N+](=O)[O-])c2C1.Nc1c(NC(=O)CNC(=O)OCC2c3ccccc3-c3ccccc32)cccc1[N+](=O)[O-].Nc1cccc([N+](=O)[O-])c1N. The number of hydrogen-bond donors (Lipinski definition) is 6. The first-order chi connectivity index (χ1) is 27.3. The first-order valence-electron chi connectivity index (χ1n) is 17.0. The molecule has 5 aromatic carbocycles. The van der Waals surface area contributed by atoms with E-state index in [9.17, 15) is 39.9 Å². The number of nitrogens with two attached hydrogens (primary N) is 4. The fourth-order valence-corrected chi connectivity index (χ4v) is 6.10. The molecule has 0 bridgehead atoms. The number of nitro groups is 3. The lowest BCUT2D eigenvalue weighted by atomic mass is 9.98. The Morgan fingerprint density at radius 2 is 1.26 bits per heavy atom. The number of benzene rings is 5. The predicted octanol–water partition coefficient (Wildman–Crippen LogP) is 5.60. The van der Waals surface area contributed by atoms with Crippen LogP contribution < -0.4 is 33.6 Å². The van der Waals surface area contributed by atoms with Crippen molar-refractivity contribution in [3.63, 3.8) is 0 Å². The maximum Gasteiger partial charge on any atom is 0.407 e. The Labute approximate surface area is 323 Å². The van der Waals surface area contributed by atoms with Crippen molar-refractivity contribution in [2.75, 3.05) is 42.2 Å². The van der Waals surface area contributed by atoms with Gasteiger partial charge in [-0.3, -0.25) is 40.1 Å². The minimum atomic E-state index is -0.742. The lowest BCUT2D eigenvalue weighted by Crippen LogP contribution is -2.34. The van der Waals surface area contributed by atoms with Crippen LogP contribution in [0, 0.1) is 30.3 Å². The molecule has 1 aliphatic heterocycles. The van der Waals surface area contributed by atoms with E-state index in [-0.39, 0.29) is 63.8 Å². The van der Waals surface area contributed by atoms with Gasteiger partial charge in [-0.2, -0.15) is 0 Å². The molecule has 10 N–H and O–H groups in total. The molecule has 0 spiro atoms. The zero-order chi connectivity index (χ0) is 41.2. The smallest absolute Gasteiger partial charge is 0.407 e. The van der Waals surface area contributed by atoms with Crippen molar-refractivity contribution >= 4 is 63.2 Å². The number of fused-ring (bicyclic) bond motifs is 4.